The minimum atomic E-state index is -0.780. The van der Waals surface area contributed by atoms with Gasteiger partial charge >= 0.3 is 6.03 Å². The minimum Gasteiger partial charge on any atom is -0.321 e. The molecule has 1 aliphatic rings. The van der Waals surface area contributed by atoms with Crippen molar-refractivity contribution in [1.82, 2.24) is 14.7 Å². The maximum Gasteiger partial charge on any atom is 0.332 e. The highest BCUT2D eigenvalue weighted by Gasteiger charge is 2.44. The molecule has 1 N–H and O–H groups in total. The molecule has 2 aromatic rings. The van der Waals surface area contributed by atoms with Crippen LogP contribution in [0.3, 0.4) is 0 Å². The van der Waals surface area contributed by atoms with Crippen molar-refractivity contribution < 1.29 is 18.8 Å². The van der Waals surface area contributed by atoms with Crippen LogP contribution in [0.15, 0.2) is 24.3 Å². The summed E-state index contributed by atoms with van der Waals surface area (Å²) in [5, 5.41) is 6.92. The second kappa shape index (κ2) is 6.82. The first-order valence-corrected chi connectivity index (χ1v) is 8.41. The average Bonchev–Trinajstić information content (AvgIpc) is 2.97. The van der Waals surface area contributed by atoms with Gasteiger partial charge in [0.2, 0.25) is 5.91 Å². The number of carbonyl (C=O) groups excluding carboxylic acids is 3. The Morgan fingerprint density at radius 1 is 1.22 bits per heavy atom. The summed E-state index contributed by atoms with van der Waals surface area (Å²) in [5.74, 6) is -1.43. The van der Waals surface area contributed by atoms with E-state index >= 15 is 0 Å². The first kappa shape index (κ1) is 18.6. The summed E-state index contributed by atoms with van der Waals surface area (Å²) in [5.41, 5.74) is 2.36. The zero-order valence-electron chi connectivity index (χ0n) is 15.5. The molecule has 0 spiro atoms. The molecule has 1 saturated heterocycles. The molecule has 2 heterocycles. The van der Waals surface area contributed by atoms with Gasteiger partial charge in [-0.15, -0.1) is 0 Å². The average molecular weight is 373 g/mol. The summed E-state index contributed by atoms with van der Waals surface area (Å²) in [6.45, 7) is 4.72. The van der Waals surface area contributed by atoms with Gasteiger partial charge in [0.25, 0.3) is 5.91 Å². The molecule has 1 aromatic carbocycles. The van der Waals surface area contributed by atoms with Crippen molar-refractivity contribution in [3.8, 4) is 0 Å². The Kier molecular flexibility index (Phi) is 4.69. The highest BCUT2D eigenvalue weighted by Crippen LogP contribution is 2.26. The van der Waals surface area contributed by atoms with Crippen molar-refractivity contribution in [1.29, 1.82) is 0 Å². The SMILES string of the molecule is Cc1nn(C)c(C)c1NC(=O)CN1C(=O)C(C)N(c2ccc(F)cc2)C1=O. The number of carbonyl (C=O) groups is 3. The number of hydrogen-bond donors (Lipinski definition) is 1. The van der Waals surface area contributed by atoms with E-state index in [1.165, 1.54) is 29.2 Å². The molecule has 9 heteroatoms. The fraction of sp³-hybridized carbons (Fsp3) is 0.333. The van der Waals surface area contributed by atoms with Crippen LogP contribution >= 0.6 is 0 Å². The standard InChI is InChI=1S/C18H20FN5O3/c1-10-16(11(2)22(4)21-10)20-15(25)9-23-17(26)12(3)24(18(23)27)14-7-5-13(19)6-8-14/h5-8,12H,9H2,1-4H3,(H,20,25). The van der Waals surface area contributed by atoms with Crippen LogP contribution in [-0.2, 0) is 16.6 Å². The molecular formula is C18H20FN5O3. The lowest BCUT2D eigenvalue weighted by molar-refractivity contribution is -0.130. The van der Waals surface area contributed by atoms with Gasteiger partial charge in [-0.2, -0.15) is 5.10 Å². The van der Waals surface area contributed by atoms with Crippen molar-refractivity contribution in [3.05, 3.63) is 41.5 Å². The van der Waals surface area contributed by atoms with Crippen LogP contribution in [-0.4, -0.2) is 45.1 Å². The number of halogens is 1. The van der Waals surface area contributed by atoms with E-state index in [4.69, 9.17) is 0 Å². The molecule has 1 atom stereocenters. The molecule has 0 saturated carbocycles. The maximum absolute atomic E-state index is 13.1. The number of nitrogens with zero attached hydrogens (tertiary/aromatic N) is 4. The number of anilines is 2. The maximum atomic E-state index is 13.1. The van der Waals surface area contributed by atoms with Crippen LogP contribution in [0.25, 0.3) is 0 Å². The molecule has 0 radical (unpaired) electrons. The van der Waals surface area contributed by atoms with Gasteiger partial charge < -0.3 is 5.32 Å². The van der Waals surface area contributed by atoms with Gasteiger partial charge in [0.15, 0.2) is 0 Å². The predicted octanol–water partition coefficient (Wildman–Crippen LogP) is 1.97. The zero-order valence-corrected chi connectivity index (χ0v) is 15.5. The Balaban J connectivity index is 1.76. The molecule has 1 aromatic heterocycles. The van der Waals surface area contributed by atoms with Crippen molar-refractivity contribution in [3.63, 3.8) is 0 Å². The van der Waals surface area contributed by atoms with E-state index in [0.29, 0.717) is 17.1 Å². The number of aromatic nitrogens is 2. The summed E-state index contributed by atoms with van der Waals surface area (Å²) in [6.07, 6.45) is 0. The van der Waals surface area contributed by atoms with Gasteiger partial charge in [-0.05, 0) is 45.0 Å². The summed E-state index contributed by atoms with van der Waals surface area (Å²) in [6, 6.07) is 3.87. The van der Waals surface area contributed by atoms with Crippen molar-refractivity contribution in [2.24, 2.45) is 7.05 Å². The monoisotopic (exact) mass is 373 g/mol. The van der Waals surface area contributed by atoms with Crippen LogP contribution < -0.4 is 10.2 Å². The van der Waals surface area contributed by atoms with Crippen LogP contribution in [0.5, 0.6) is 0 Å². The summed E-state index contributed by atoms with van der Waals surface area (Å²) in [4.78, 5) is 39.7. The molecule has 1 unspecified atom stereocenters. The van der Waals surface area contributed by atoms with Crippen molar-refractivity contribution in [2.45, 2.75) is 26.8 Å². The number of nitrogens with one attached hydrogen (secondary N) is 1. The van der Waals surface area contributed by atoms with Gasteiger partial charge in [0.1, 0.15) is 18.4 Å². The Bertz CT molecular complexity index is 922. The molecule has 1 fully saturated rings. The minimum absolute atomic E-state index is 0.393. The number of benzene rings is 1. The molecule has 4 amide bonds. The van der Waals surface area contributed by atoms with E-state index < -0.39 is 36.2 Å². The topological polar surface area (TPSA) is 87.5 Å². The lowest BCUT2D eigenvalue weighted by Crippen LogP contribution is -2.39. The molecule has 142 valence electrons. The molecule has 1 aliphatic heterocycles. The van der Waals surface area contributed by atoms with Crippen LogP contribution in [0, 0.1) is 19.7 Å². The van der Waals surface area contributed by atoms with Gasteiger partial charge in [0.05, 0.1) is 17.1 Å². The molecule has 8 nitrogen and oxygen atoms in total. The Morgan fingerprint density at radius 2 is 1.85 bits per heavy atom. The van der Waals surface area contributed by atoms with E-state index in [9.17, 15) is 18.8 Å². The van der Waals surface area contributed by atoms with Crippen LogP contribution in [0.4, 0.5) is 20.6 Å². The second-order valence-corrected chi connectivity index (χ2v) is 6.45. The summed E-state index contributed by atoms with van der Waals surface area (Å²) < 4.78 is 14.8. The van der Waals surface area contributed by atoms with E-state index in [0.717, 1.165) is 10.6 Å². The van der Waals surface area contributed by atoms with E-state index in [1.807, 2.05) is 0 Å². The molecule has 3 rings (SSSR count). The van der Waals surface area contributed by atoms with Gasteiger partial charge in [-0.25, -0.2) is 9.18 Å². The van der Waals surface area contributed by atoms with E-state index in [2.05, 4.69) is 10.4 Å². The van der Waals surface area contributed by atoms with Crippen molar-refractivity contribution in [2.75, 3.05) is 16.8 Å². The Morgan fingerprint density at radius 3 is 2.41 bits per heavy atom. The zero-order chi connectivity index (χ0) is 19.9. The number of urea groups is 1. The lowest BCUT2D eigenvalue weighted by atomic mass is 10.2. The van der Waals surface area contributed by atoms with Gasteiger partial charge in [-0.3, -0.25) is 24.1 Å². The lowest BCUT2D eigenvalue weighted by Gasteiger charge is -2.19. The number of hydrogen-bond acceptors (Lipinski definition) is 4. The third-order valence-electron chi connectivity index (χ3n) is 4.63. The molecule has 0 bridgehead atoms. The Hall–Kier alpha value is -3.23. The van der Waals surface area contributed by atoms with Crippen LogP contribution in [0.1, 0.15) is 18.3 Å². The number of imide groups is 1. The fourth-order valence-electron chi connectivity index (χ4n) is 3.08. The molecule has 0 aliphatic carbocycles. The summed E-state index contributed by atoms with van der Waals surface area (Å²) >= 11 is 0. The predicted molar refractivity (Wildman–Crippen MR) is 96.8 cm³/mol. The summed E-state index contributed by atoms with van der Waals surface area (Å²) in [7, 11) is 1.76. The number of rotatable bonds is 4. The highest BCUT2D eigenvalue weighted by molar-refractivity contribution is 6.16. The largest absolute Gasteiger partial charge is 0.332 e. The van der Waals surface area contributed by atoms with Gasteiger partial charge in [-0.1, -0.05) is 0 Å². The third kappa shape index (κ3) is 3.27. The number of aryl methyl sites for hydroxylation is 2. The fourth-order valence-corrected chi connectivity index (χ4v) is 3.08. The highest BCUT2D eigenvalue weighted by atomic mass is 19.1. The molecule has 27 heavy (non-hydrogen) atoms. The second-order valence-electron chi connectivity index (χ2n) is 6.45. The van der Waals surface area contributed by atoms with E-state index in [-0.39, 0.29) is 0 Å². The first-order chi connectivity index (χ1) is 12.7. The third-order valence-corrected chi connectivity index (χ3v) is 4.63. The molecular weight excluding hydrogens is 353 g/mol. The smallest absolute Gasteiger partial charge is 0.321 e. The Labute approximate surface area is 155 Å². The quantitative estimate of drug-likeness (QED) is 0.830. The number of amides is 4. The normalized spacial score (nSPS) is 17.0. The van der Waals surface area contributed by atoms with E-state index in [1.54, 1.807) is 32.5 Å². The van der Waals surface area contributed by atoms with Crippen molar-refractivity contribution >= 4 is 29.2 Å². The van der Waals surface area contributed by atoms with Gasteiger partial charge in [0, 0.05) is 12.7 Å². The van der Waals surface area contributed by atoms with Crippen LogP contribution in [0.2, 0.25) is 0 Å². The first-order valence-electron chi connectivity index (χ1n) is 8.41.